The van der Waals surface area contributed by atoms with Crippen LogP contribution < -0.4 is 9.80 Å². The third-order valence-electron chi connectivity index (χ3n) is 6.22. The van der Waals surface area contributed by atoms with Gasteiger partial charge in [0.1, 0.15) is 17.5 Å². The summed E-state index contributed by atoms with van der Waals surface area (Å²) in [5.41, 5.74) is 4.64. The average Bonchev–Trinajstić information content (AvgIpc) is 3.27. The van der Waals surface area contributed by atoms with E-state index in [-0.39, 0.29) is 5.41 Å². The van der Waals surface area contributed by atoms with Crippen molar-refractivity contribution in [2.24, 2.45) is 0 Å². The lowest BCUT2D eigenvalue weighted by atomic mass is 9.93. The SMILES string of the molecule is Cc1nc2c(c(N3CCCN(c4ccc5nc(C(C)(C)C)cn5n4)CC3)n1)CCC2. The van der Waals surface area contributed by atoms with E-state index in [0.717, 1.165) is 68.4 Å². The Morgan fingerprint density at radius 1 is 0.867 bits per heavy atom. The molecule has 4 heterocycles. The molecule has 7 heteroatoms. The molecule has 0 bridgehead atoms. The first kappa shape index (κ1) is 19.3. The van der Waals surface area contributed by atoms with Crippen molar-refractivity contribution in [3.8, 4) is 0 Å². The van der Waals surface area contributed by atoms with Gasteiger partial charge in [-0.2, -0.15) is 0 Å². The highest BCUT2D eigenvalue weighted by Gasteiger charge is 2.25. The van der Waals surface area contributed by atoms with E-state index in [0.29, 0.717) is 0 Å². The highest BCUT2D eigenvalue weighted by molar-refractivity contribution is 5.53. The van der Waals surface area contributed by atoms with Crippen LogP contribution in [0.5, 0.6) is 0 Å². The minimum atomic E-state index is 0.0207. The molecule has 3 aromatic rings. The topological polar surface area (TPSA) is 62.5 Å². The Morgan fingerprint density at radius 2 is 1.67 bits per heavy atom. The fourth-order valence-electron chi connectivity index (χ4n) is 4.56. The molecule has 2 aliphatic rings. The Morgan fingerprint density at radius 3 is 2.50 bits per heavy atom. The van der Waals surface area contributed by atoms with Crippen molar-refractivity contribution >= 4 is 17.3 Å². The Labute approximate surface area is 178 Å². The highest BCUT2D eigenvalue weighted by Crippen LogP contribution is 2.30. The number of aryl methyl sites for hydroxylation is 2. The molecule has 0 unspecified atom stereocenters. The predicted molar refractivity (Wildman–Crippen MR) is 120 cm³/mol. The van der Waals surface area contributed by atoms with Gasteiger partial charge in [0.15, 0.2) is 5.65 Å². The molecular weight excluding hydrogens is 374 g/mol. The monoisotopic (exact) mass is 405 g/mol. The smallest absolute Gasteiger partial charge is 0.153 e. The molecule has 1 fully saturated rings. The molecule has 1 aliphatic heterocycles. The zero-order valence-corrected chi connectivity index (χ0v) is 18.5. The molecule has 0 N–H and O–H groups in total. The van der Waals surface area contributed by atoms with Crippen LogP contribution in [-0.2, 0) is 18.3 Å². The lowest BCUT2D eigenvalue weighted by molar-refractivity contribution is 0.572. The van der Waals surface area contributed by atoms with Crippen molar-refractivity contribution in [1.82, 2.24) is 24.6 Å². The van der Waals surface area contributed by atoms with E-state index in [4.69, 9.17) is 15.1 Å². The van der Waals surface area contributed by atoms with Crippen LogP contribution in [0.3, 0.4) is 0 Å². The van der Waals surface area contributed by atoms with Gasteiger partial charge in [-0.05, 0) is 44.7 Å². The summed E-state index contributed by atoms with van der Waals surface area (Å²) in [4.78, 5) is 19.1. The second-order valence-corrected chi connectivity index (χ2v) is 9.57. The van der Waals surface area contributed by atoms with Gasteiger partial charge in [-0.3, -0.25) is 0 Å². The van der Waals surface area contributed by atoms with Gasteiger partial charge >= 0.3 is 0 Å². The average molecular weight is 406 g/mol. The summed E-state index contributed by atoms with van der Waals surface area (Å²) in [6.45, 7) is 12.5. The number of imidazole rings is 1. The Balaban J connectivity index is 1.37. The normalized spacial score (nSPS) is 17.5. The number of hydrogen-bond donors (Lipinski definition) is 0. The fraction of sp³-hybridized carbons (Fsp3) is 0.565. The summed E-state index contributed by atoms with van der Waals surface area (Å²) in [6, 6.07) is 4.19. The third-order valence-corrected chi connectivity index (χ3v) is 6.22. The van der Waals surface area contributed by atoms with Crippen molar-refractivity contribution in [3.05, 3.63) is 41.1 Å². The summed E-state index contributed by atoms with van der Waals surface area (Å²) in [6.07, 6.45) is 6.56. The first-order valence-corrected chi connectivity index (χ1v) is 11.1. The van der Waals surface area contributed by atoms with E-state index in [1.807, 2.05) is 11.4 Å². The molecule has 1 aliphatic carbocycles. The molecule has 0 radical (unpaired) electrons. The van der Waals surface area contributed by atoms with Gasteiger partial charge in [-0.15, -0.1) is 5.10 Å². The molecule has 0 amide bonds. The van der Waals surface area contributed by atoms with Crippen LogP contribution in [0.2, 0.25) is 0 Å². The van der Waals surface area contributed by atoms with E-state index in [2.05, 4.69) is 53.9 Å². The third kappa shape index (κ3) is 3.50. The van der Waals surface area contributed by atoms with Gasteiger partial charge < -0.3 is 9.80 Å². The number of nitrogens with zero attached hydrogens (tertiary/aromatic N) is 7. The maximum absolute atomic E-state index is 4.88. The van der Waals surface area contributed by atoms with E-state index in [1.54, 1.807) is 0 Å². The molecule has 0 atom stereocenters. The minimum Gasteiger partial charge on any atom is -0.354 e. The van der Waals surface area contributed by atoms with Crippen LogP contribution in [0.15, 0.2) is 18.3 Å². The van der Waals surface area contributed by atoms with Gasteiger partial charge in [0.25, 0.3) is 0 Å². The first-order valence-electron chi connectivity index (χ1n) is 11.1. The Bertz CT molecular complexity index is 1080. The quantitative estimate of drug-likeness (QED) is 0.652. The number of anilines is 2. The minimum absolute atomic E-state index is 0.0207. The predicted octanol–water partition coefficient (Wildman–Crippen LogP) is 3.33. The molecule has 5 rings (SSSR count). The second kappa shape index (κ2) is 7.22. The summed E-state index contributed by atoms with van der Waals surface area (Å²) < 4.78 is 1.93. The molecule has 30 heavy (non-hydrogen) atoms. The fourth-order valence-corrected chi connectivity index (χ4v) is 4.56. The largest absolute Gasteiger partial charge is 0.354 e. The van der Waals surface area contributed by atoms with Crippen molar-refractivity contribution in [2.75, 3.05) is 36.0 Å². The van der Waals surface area contributed by atoms with Crippen molar-refractivity contribution in [1.29, 1.82) is 0 Å². The van der Waals surface area contributed by atoms with E-state index in [9.17, 15) is 0 Å². The molecule has 3 aromatic heterocycles. The van der Waals surface area contributed by atoms with E-state index >= 15 is 0 Å². The molecular formula is C23H31N7. The molecule has 0 aromatic carbocycles. The number of aromatic nitrogens is 5. The maximum atomic E-state index is 4.88. The van der Waals surface area contributed by atoms with Crippen LogP contribution in [-0.4, -0.2) is 50.7 Å². The van der Waals surface area contributed by atoms with Crippen LogP contribution in [0.1, 0.15) is 56.4 Å². The van der Waals surface area contributed by atoms with Crippen molar-refractivity contribution in [3.63, 3.8) is 0 Å². The van der Waals surface area contributed by atoms with Crippen LogP contribution >= 0.6 is 0 Å². The summed E-state index contributed by atoms with van der Waals surface area (Å²) >= 11 is 0. The van der Waals surface area contributed by atoms with Gasteiger partial charge in [-0.25, -0.2) is 19.5 Å². The van der Waals surface area contributed by atoms with Gasteiger partial charge in [0.05, 0.1) is 11.9 Å². The number of hydrogen-bond acceptors (Lipinski definition) is 6. The molecule has 158 valence electrons. The molecule has 0 saturated carbocycles. The second-order valence-electron chi connectivity index (χ2n) is 9.57. The van der Waals surface area contributed by atoms with Crippen LogP contribution in [0.4, 0.5) is 11.6 Å². The standard InChI is InChI=1S/C23H31N7/c1-16-24-18-8-5-7-17(18)22(25-16)29-12-6-11-28(13-14-29)21-10-9-20-26-19(23(2,3)4)15-30(20)27-21/h9-10,15H,5-8,11-14H2,1-4H3. The summed E-state index contributed by atoms with van der Waals surface area (Å²) in [5.74, 6) is 3.09. The molecule has 0 spiro atoms. The van der Waals surface area contributed by atoms with Crippen molar-refractivity contribution < 1.29 is 0 Å². The lowest BCUT2D eigenvalue weighted by Crippen LogP contribution is -2.32. The van der Waals surface area contributed by atoms with Crippen LogP contribution in [0, 0.1) is 6.92 Å². The lowest BCUT2D eigenvalue weighted by Gasteiger charge is -2.25. The highest BCUT2D eigenvalue weighted by atomic mass is 15.3. The number of rotatable bonds is 2. The van der Waals surface area contributed by atoms with Crippen LogP contribution in [0.25, 0.3) is 5.65 Å². The maximum Gasteiger partial charge on any atom is 0.153 e. The van der Waals surface area contributed by atoms with E-state index in [1.165, 1.54) is 23.5 Å². The Hall–Kier alpha value is -2.70. The van der Waals surface area contributed by atoms with E-state index < -0.39 is 0 Å². The van der Waals surface area contributed by atoms with Gasteiger partial charge in [0.2, 0.25) is 0 Å². The Kier molecular flexibility index (Phi) is 4.64. The summed E-state index contributed by atoms with van der Waals surface area (Å²) in [7, 11) is 0. The molecule has 7 nitrogen and oxygen atoms in total. The first-order chi connectivity index (χ1) is 14.4. The zero-order chi connectivity index (χ0) is 20.9. The van der Waals surface area contributed by atoms with Gasteiger partial charge in [0, 0.05) is 42.9 Å². The van der Waals surface area contributed by atoms with Crippen molar-refractivity contribution in [2.45, 2.75) is 58.8 Å². The zero-order valence-electron chi connectivity index (χ0n) is 18.5. The molecule has 1 saturated heterocycles. The summed E-state index contributed by atoms with van der Waals surface area (Å²) in [5, 5.41) is 4.88. The number of fused-ring (bicyclic) bond motifs is 2. The van der Waals surface area contributed by atoms with Gasteiger partial charge in [-0.1, -0.05) is 20.8 Å².